The number of allylic oxidation sites excluding steroid dienone is 1. The fraction of sp³-hybridized carbons (Fsp3) is 0.500. The molecule has 0 saturated carbocycles. The lowest BCUT2D eigenvalue weighted by molar-refractivity contribution is -0.493. The van der Waals surface area contributed by atoms with Gasteiger partial charge < -0.3 is 0 Å². The van der Waals surface area contributed by atoms with Crippen molar-refractivity contribution >= 4 is 6.29 Å². The summed E-state index contributed by atoms with van der Waals surface area (Å²) < 4.78 is 5.07. The fourth-order valence-corrected chi connectivity index (χ4v) is 0.561. The molecule has 0 aromatic rings. The fourth-order valence-electron chi connectivity index (χ4n) is 0.561. The Morgan fingerprint density at radius 3 is 2.86 bits per heavy atom. The van der Waals surface area contributed by atoms with E-state index in [2.05, 4.69) is 13.0 Å². The van der Waals surface area contributed by atoms with Crippen LogP contribution < -0.4 is 0 Å². The third-order valence-corrected chi connectivity index (χ3v) is 0.994. The van der Waals surface area contributed by atoms with Crippen LogP contribution in [0.3, 0.4) is 0 Å². The van der Waals surface area contributed by atoms with Gasteiger partial charge in [0.15, 0.2) is 0 Å². The van der Waals surface area contributed by atoms with Gasteiger partial charge in [-0.3, -0.25) is 4.42 Å². The van der Waals surface area contributed by atoms with E-state index in [1.165, 1.54) is 0 Å². The van der Waals surface area contributed by atoms with Crippen LogP contribution >= 0.6 is 0 Å². The highest BCUT2D eigenvalue weighted by atomic mass is 16.4. The molecule has 0 aliphatic carbocycles. The molecule has 0 aromatic carbocycles. The van der Waals surface area contributed by atoms with E-state index in [9.17, 15) is 0 Å². The largest absolute Gasteiger partial charge is 0.308 e. The number of hydrogen-bond donors (Lipinski definition) is 0. The molecule has 38 valence electrons. The van der Waals surface area contributed by atoms with Gasteiger partial charge in [0.1, 0.15) is 0 Å². The molecule has 7 heavy (non-hydrogen) atoms. The zero-order valence-electron chi connectivity index (χ0n) is 4.42. The second-order valence-corrected chi connectivity index (χ2v) is 1.75. The first-order valence-corrected chi connectivity index (χ1v) is 2.53. The Kier molecular flexibility index (Phi) is 1.25. The topological polar surface area (TPSA) is 11.3 Å². The Morgan fingerprint density at radius 1 is 1.71 bits per heavy atom. The average Bonchev–Trinajstić information content (AvgIpc) is 1.69. The Bertz CT molecular complexity index is 103. The summed E-state index contributed by atoms with van der Waals surface area (Å²) in [6, 6.07) is 0. The van der Waals surface area contributed by atoms with E-state index in [1.807, 2.05) is 6.08 Å². The highest BCUT2D eigenvalue weighted by Crippen LogP contribution is 1.95. The van der Waals surface area contributed by atoms with Crippen molar-refractivity contribution in [1.82, 2.24) is 0 Å². The second kappa shape index (κ2) is 1.92. The monoisotopic (exact) mass is 97.1 g/mol. The van der Waals surface area contributed by atoms with Gasteiger partial charge in [0.05, 0.1) is 6.42 Å². The summed E-state index contributed by atoms with van der Waals surface area (Å²) in [5.74, 6) is 0. The minimum atomic E-state index is 0.394. The molecule has 1 unspecified atom stereocenters. The van der Waals surface area contributed by atoms with Crippen LogP contribution in [0.4, 0.5) is 0 Å². The van der Waals surface area contributed by atoms with E-state index >= 15 is 0 Å². The summed E-state index contributed by atoms with van der Waals surface area (Å²) in [5.41, 5.74) is 0. The standard InChI is InChI=1S/C6H9O/c1-6-4-2-3-5-7-6/h2-3,5-6H,4H2,1H3/q+1. The molecule has 0 bridgehead atoms. The molecule has 0 fully saturated rings. The smallest absolute Gasteiger partial charge is 0.259 e. The SMILES string of the molecule is CC1CC=CC=[O+]1. The van der Waals surface area contributed by atoms with Crippen LogP contribution in [-0.4, -0.2) is 12.4 Å². The van der Waals surface area contributed by atoms with Crippen molar-refractivity contribution in [2.45, 2.75) is 19.4 Å². The van der Waals surface area contributed by atoms with Crippen LogP contribution in [0, 0.1) is 0 Å². The van der Waals surface area contributed by atoms with Gasteiger partial charge in [0.25, 0.3) is 6.10 Å². The van der Waals surface area contributed by atoms with E-state index in [1.54, 1.807) is 6.29 Å². The molecule has 1 aliphatic heterocycles. The number of hydrogen-bond acceptors (Lipinski definition) is 0. The summed E-state index contributed by atoms with van der Waals surface area (Å²) in [5, 5.41) is 0. The van der Waals surface area contributed by atoms with Gasteiger partial charge in [0.2, 0.25) is 0 Å². The predicted molar refractivity (Wildman–Crippen MR) is 29.3 cm³/mol. The third-order valence-electron chi connectivity index (χ3n) is 0.994. The van der Waals surface area contributed by atoms with Gasteiger partial charge >= 0.3 is 6.29 Å². The lowest BCUT2D eigenvalue weighted by atomic mass is 10.2. The van der Waals surface area contributed by atoms with Crippen LogP contribution in [0.15, 0.2) is 12.2 Å². The maximum Gasteiger partial charge on any atom is 0.308 e. The molecular formula is C6H9O+. The maximum atomic E-state index is 5.07. The maximum absolute atomic E-state index is 5.07. The average molecular weight is 97.1 g/mol. The molecule has 1 rings (SSSR count). The quantitative estimate of drug-likeness (QED) is 0.316. The molecule has 0 saturated heterocycles. The molecular weight excluding hydrogens is 88.1 g/mol. The van der Waals surface area contributed by atoms with Crippen LogP contribution in [0.25, 0.3) is 0 Å². The third kappa shape index (κ3) is 1.15. The zero-order chi connectivity index (χ0) is 5.11. The van der Waals surface area contributed by atoms with Gasteiger partial charge in [-0.15, -0.1) is 0 Å². The van der Waals surface area contributed by atoms with E-state index in [0.29, 0.717) is 6.10 Å². The van der Waals surface area contributed by atoms with Gasteiger partial charge in [-0.25, -0.2) is 0 Å². The lowest BCUT2D eigenvalue weighted by Gasteiger charge is -1.90. The minimum Gasteiger partial charge on any atom is -0.259 e. The highest BCUT2D eigenvalue weighted by Gasteiger charge is 2.07. The summed E-state index contributed by atoms with van der Waals surface area (Å²) >= 11 is 0. The number of aldehydes is 1. The summed E-state index contributed by atoms with van der Waals surface area (Å²) in [6.07, 6.45) is 7.21. The van der Waals surface area contributed by atoms with Gasteiger partial charge in [-0.1, -0.05) is 6.08 Å². The minimum absolute atomic E-state index is 0.394. The summed E-state index contributed by atoms with van der Waals surface area (Å²) in [6.45, 7) is 2.06. The van der Waals surface area contributed by atoms with Crippen molar-refractivity contribution in [2.24, 2.45) is 0 Å². The molecule has 0 aromatic heterocycles. The number of carbonyl (C=O) groups excluding carboxylic acids is 1. The predicted octanol–water partition coefficient (Wildman–Crippen LogP) is 1.07. The lowest BCUT2D eigenvalue weighted by Crippen LogP contribution is -2.03. The van der Waals surface area contributed by atoms with Crippen molar-refractivity contribution in [3.05, 3.63) is 12.2 Å². The Balaban J connectivity index is 2.49. The van der Waals surface area contributed by atoms with Crippen molar-refractivity contribution in [2.75, 3.05) is 0 Å². The van der Waals surface area contributed by atoms with Crippen LogP contribution in [0.5, 0.6) is 0 Å². The van der Waals surface area contributed by atoms with Gasteiger partial charge in [-0.05, 0) is 0 Å². The van der Waals surface area contributed by atoms with E-state index < -0.39 is 0 Å². The molecule has 0 spiro atoms. The van der Waals surface area contributed by atoms with Gasteiger partial charge in [0, 0.05) is 13.0 Å². The molecule has 0 radical (unpaired) electrons. The summed E-state index contributed by atoms with van der Waals surface area (Å²) in [4.78, 5) is 0. The Labute approximate surface area is 43.3 Å². The summed E-state index contributed by atoms with van der Waals surface area (Å²) in [7, 11) is 0. The Morgan fingerprint density at radius 2 is 2.57 bits per heavy atom. The van der Waals surface area contributed by atoms with E-state index in [4.69, 9.17) is 4.42 Å². The zero-order valence-corrected chi connectivity index (χ0v) is 4.42. The number of rotatable bonds is 0. The second-order valence-electron chi connectivity index (χ2n) is 1.75. The molecule has 1 aliphatic rings. The first-order chi connectivity index (χ1) is 3.39. The van der Waals surface area contributed by atoms with Gasteiger partial charge in [-0.2, -0.15) is 0 Å². The van der Waals surface area contributed by atoms with Crippen molar-refractivity contribution in [1.29, 1.82) is 0 Å². The normalized spacial score (nSPS) is 28.4. The molecule has 1 atom stereocenters. The van der Waals surface area contributed by atoms with E-state index in [-0.39, 0.29) is 0 Å². The van der Waals surface area contributed by atoms with Crippen LogP contribution in [0.2, 0.25) is 0 Å². The molecule has 1 heterocycles. The van der Waals surface area contributed by atoms with Crippen LogP contribution in [-0.2, 0) is 4.42 Å². The Hall–Kier alpha value is -0.590. The molecule has 1 heteroatoms. The highest BCUT2D eigenvalue weighted by molar-refractivity contribution is 5.65. The van der Waals surface area contributed by atoms with E-state index in [0.717, 1.165) is 6.42 Å². The van der Waals surface area contributed by atoms with Crippen molar-refractivity contribution < 1.29 is 4.42 Å². The molecule has 0 amide bonds. The van der Waals surface area contributed by atoms with Crippen molar-refractivity contribution in [3.63, 3.8) is 0 Å². The van der Waals surface area contributed by atoms with Crippen LogP contribution in [0.1, 0.15) is 13.3 Å². The molecule has 1 nitrogen and oxygen atoms in total. The first kappa shape index (κ1) is 4.57. The molecule has 0 N–H and O–H groups in total. The first-order valence-electron chi connectivity index (χ1n) is 2.53. The van der Waals surface area contributed by atoms with Crippen molar-refractivity contribution in [3.8, 4) is 0 Å².